The summed E-state index contributed by atoms with van der Waals surface area (Å²) >= 11 is 0. The first kappa shape index (κ1) is 24.7. The van der Waals surface area contributed by atoms with Gasteiger partial charge in [-0.05, 0) is 74.3 Å². The quantitative estimate of drug-likeness (QED) is 0.450. The molecule has 2 aromatic carbocycles. The van der Waals surface area contributed by atoms with Crippen molar-refractivity contribution in [2.24, 2.45) is 5.92 Å². The summed E-state index contributed by atoms with van der Waals surface area (Å²) in [4.78, 5) is 30.6. The number of esters is 1. The molecule has 0 radical (unpaired) electrons. The molecule has 3 unspecified atom stereocenters. The third kappa shape index (κ3) is 3.58. The lowest BCUT2D eigenvalue weighted by atomic mass is 9.48. The molecule has 2 heterocycles. The van der Waals surface area contributed by atoms with E-state index in [1.165, 1.54) is 19.8 Å². The van der Waals surface area contributed by atoms with Crippen LogP contribution in [0, 0.1) is 5.92 Å². The van der Waals surface area contributed by atoms with Gasteiger partial charge >= 0.3 is 5.97 Å². The fourth-order valence-electron chi connectivity index (χ4n) is 8.30. The van der Waals surface area contributed by atoms with Gasteiger partial charge in [0.05, 0.1) is 17.5 Å². The molecule has 7 heteroatoms. The zero-order chi connectivity index (χ0) is 26.9. The molecule has 0 aromatic heterocycles. The number of ether oxygens (including phenoxy) is 2. The van der Waals surface area contributed by atoms with Crippen molar-refractivity contribution in [3.05, 3.63) is 65.2 Å². The second kappa shape index (κ2) is 8.85. The van der Waals surface area contributed by atoms with Crippen LogP contribution in [0.2, 0.25) is 0 Å². The van der Waals surface area contributed by atoms with E-state index in [2.05, 4.69) is 4.90 Å². The molecule has 7 nitrogen and oxygen atoms in total. The minimum Gasteiger partial charge on any atom is -0.504 e. The minimum atomic E-state index is -0.761. The smallest absolute Gasteiger partial charge is 0.303 e. The number of carbonyl (C=O) groups excluding carboxylic acids is 2. The number of carbonyl (C=O) groups is 2. The predicted octanol–water partition coefficient (Wildman–Crippen LogP) is 4.07. The van der Waals surface area contributed by atoms with E-state index in [4.69, 9.17) is 9.47 Å². The highest BCUT2D eigenvalue weighted by Gasteiger charge is 2.75. The van der Waals surface area contributed by atoms with E-state index in [0.29, 0.717) is 18.6 Å². The highest BCUT2D eigenvalue weighted by atomic mass is 16.6. The topological polar surface area (TPSA) is 79.3 Å². The van der Waals surface area contributed by atoms with Crippen LogP contribution >= 0.6 is 0 Å². The number of phenolic OH excluding ortho intramolecular Hbond substituents is 1. The number of benzene rings is 2. The molecule has 1 N–H and O–H groups in total. The summed E-state index contributed by atoms with van der Waals surface area (Å²) in [5, 5.41) is 11.0. The maximum atomic E-state index is 13.5. The maximum Gasteiger partial charge on any atom is 0.303 e. The van der Waals surface area contributed by atoms with Gasteiger partial charge in [0.1, 0.15) is 11.7 Å². The van der Waals surface area contributed by atoms with Crippen molar-refractivity contribution in [2.45, 2.75) is 74.7 Å². The summed E-state index contributed by atoms with van der Waals surface area (Å²) in [5.74, 6) is 0.970. The molecule has 39 heavy (non-hydrogen) atoms. The summed E-state index contributed by atoms with van der Waals surface area (Å²) in [7, 11) is 1.84. The van der Waals surface area contributed by atoms with Gasteiger partial charge < -0.3 is 19.5 Å². The lowest BCUT2D eigenvalue weighted by Crippen LogP contribution is -2.79. The van der Waals surface area contributed by atoms with Crippen LogP contribution in [0.4, 0.5) is 0 Å². The molecule has 204 valence electrons. The van der Waals surface area contributed by atoms with Crippen molar-refractivity contribution in [1.29, 1.82) is 0 Å². The number of piperidine rings is 1. The van der Waals surface area contributed by atoms with Crippen LogP contribution in [0.1, 0.15) is 55.7 Å². The van der Waals surface area contributed by atoms with Crippen molar-refractivity contribution in [3.8, 4) is 11.5 Å². The van der Waals surface area contributed by atoms with E-state index in [0.717, 1.165) is 48.5 Å². The molecule has 5 aliphatic rings. The molecular weight excluding hydrogens is 492 g/mol. The Bertz CT molecular complexity index is 1350. The molecule has 3 fully saturated rings. The Morgan fingerprint density at radius 3 is 2.69 bits per heavy atom. The molecule has 1 saturated heterocycles. The van der Waals surface area contributed by atoms with E-state index in [9.17, 15) is 14.7 Å². The standard InChI is InChI=1S/C32H36N2O5/c1-20(35)39-32-15-14-24(33(2)27(37)13-10-21-6-4-3-5-7-21)30-31(32)16-17-34(19-22-8-9-22)26(32)18-23-11-12-25(36)29(38-30)28(23)31/h3-7,10-13,22,24,26,30,36H,8-9,14-19H2,1-2H3/t24?,26-,30?,31+,32?/m1/s1. The highest BCUT2D eigenvalue weighted by Crippen LogP contribution is 2.67. The summed E-state index contributed by atoms with van der Waals surface area (Å²) in [5.41, 5.74) is 1.75. The van der Waals surface area contributed by atoms with E-state index < -0.39 is 17.1 Å². The van der Waals surface area contributed by atoms with Crippen LogP contribution in [0.15, 0.2) is 48.5 Å². The number of likely N-dealkylation sites (N-methyl/N-ethyl adjacent to an activating group) is 1. The van der Waals surface area contributed by atoms with Crippen molar-refractivity contribution in [2.75, 3.05) is 20.1 Å². The van der Waals surface area contributed by atoms with Crippen LogP contribution in [0.5, 0.6) is 11.5 Å². The Labute approximate surface area is 229 Å². The van der Waals surface area contributed by atoms with Crippen LogP contribution in [-0.4, -0.2) is 70.7 Å². The zero-order valence-electron chi connectivity index (χ0n) is 22.6. The maximum absolute atomic E-state index is 13.5. The number of aromatic hydroxyl groups is 1. The molecule has 5 atom stereocenters. The monoisotopic (exact) mass is 528 g/mol. The third-order valence-corrected chi connectivity index (χ3v) is 10.1. The van der Waals surface area contributed by atoms with E-state index in [1.807, 2.05) is 49.5 Å². The molecule has 2 saturated carbocycles. The fourth-order valence-corrected chi connectivity index (χ4v) is 8.30. The van der Waals surface area contributed by atoms with Gasteiger partial charge in [-0.25, -0.2) is 0 Å². The first-order valence-corrected chi connectivity index (χ1v) is 14.3. The molecule has 1 amide bonds. The van der Waals surface area contributed by atoms with Crippen molar-refractivity contribution >= 4 is 18.0 Å². The third-order valence-electron chi connectivity index (χ3n) is 10.1. The molecule has 1 spiro atoms. The fraction of sp³-hybridized carbons (Fsp3) is 0.500. The summed E-state index contributed by atoms with van der Waals surface area (Å²) in [6.07, 6.45) is 8.39. The van der Waals surface area contributed by atoms with Crippen LogP contribution in [0.3, 0.4) is 0 Å². The van der Waals surface area contributed by atoms with Crippen LogP contribution in [-0.2, 0) is 26.2 Å². The summed E-state index contributed by atoms with van der Waals surface area (Å²) < 4.78 is 13.2. The first-order chi connectivity index (χ1) is 18.8. The van der Waals surface area contributed by atoms with Crippen LogP contribution in [0.25, 0.3) is 6.08 Å². The van der Waals surface area contributed by atoms with Crippen molar-refractivity contribution < 1.29 is 24.2 Å². The second-order valence-corrected chi connectivity index (χ2v) is 12.1. The molecule has 2 bridgehead atoms. The van der Waals surface area contributed by atoms with Gasteiger partial charge in [0, 0.05) is 32.2 Å². The second-order valence-electron chi connectivity index (χ2n) is 12.1. The Morgan fingerprint density at radius 2 is 1.95 bits per heavy atom. The Morgan fingerprint density at radius 1 is 1.15 bits per heavy atom. The molecule has 7 rings (SSSR count). The number of likely N-dealkylation sites (tertiary alicyclic amines) is 1. The van der Waals surface area contributed by atoms with Gasteiger partial charge in [-0.1, -0.05) is 36.4 Å². The number of hydrogen-bond donors (Lipinski definition) is 1. The van der Waals surface area contributed by atoms with Gasteiger partial charge in [-0.2, -0.15) is 0 Å². The van der Waals surface area contributed by atoms with Gasteiger partial charge in [-0.3, -0.25) is 14.5 Å². The van der Waals surface area contributed by atoms with Gasteiger partial charge in [-0.15, -0.1) is 0 Å². The lowest BCUT2D eigenvalue weighted by Gasteiger charge is -2.65. The number of rotatable bonds is 6. The molecular formula is C32H36N2O5. The van der Waals surface area contributed by atoms with Crippen molar-refractivity contribution in [1.82, 2.24) is 9.80 Å². The van der Waals surface area contributed by atoms with Gasteiger partial charge in [0.2, 0.25) is 5.91 Å². The normalized spacial score (nSPS) is 32.4. The van der Waals surface area contributed by atoms with E-state index >= 15 is 0 Å². The number of nitrogens with zero attached hydrogens (tertiary/aromatic N) is 2. The zero-order valence-corrected chi connectivity index (χ0v) is 22.6. The number of hydrogen-bond acceptors (Lipinski definition) is 6. The predicted molar refractivity (Wildman–Crippen MR) is 146 cm³/mol. The minimum absolute atomic E-state index is 0.0461. The Hall–Kier alpha value is -3.32. The lowest BCUT2D eigenvalue weighted by molar-refractivity contribution is -0.223. The molecule has 3 aliphatic carbocycles. The SMILES string of the molecule is CC(=O)OC12CCC(N(C)C(=O)C=Cc3ccccc3)C3Oc4c(O)ccc5c4[C@@]31CCN(CC1CC1)[C@@H]2C5. The van der Waals surface area contributed by atoms with E-state index in [1.54, 1.807) is 17.0 Å². The Kier molecular flexibility index (Phi) is 5.60. The summed E-state index contributed by atoms with van der Waals surface area (Å²) in [6, 6.07) is 13.4. The highest BCUT2D eigenvalue weighted by molar-refractivity contribution is 5.92. The van der Waals surface area contributed by atoms with Gasteiger partial charge in [0.15, 0.2) is 11.5 Å². The van der Waals surface area contributed by atoms with E-state index in [-0.39, 0.29) is 29.7 Å². The molecule has 2 aromatic rings. The van der Waals surface area contributed by atoms with Gasteiger partial charge in [0.25, 0.3) is 0 Å². The average Bonchev–Trinajstić information content (AvgIpc) is 3.67. The first-order valence-electron chi connectivity index (χ1n) is 14.3. The molecule has 2 aliphatic heterocycles. The van der Waals surface area contributed by atoms with Crippen molar-refractivity contribution in [3.63, 3.8) is 0 Å². The largest absolute Gasteiger partial charge is 0.504 e. The van der Waals surface area contributed by atoms with Crippen LogP contribution < -0.4 is 4.74 Å². The number of phenols is 1. The average molecular weight is 529 g/mol. The number of amides is 1. The Balaban J connectivity index is 1.31. The summed E-state index contributed by atoms with van der Waals surface area (Å²) in [6.45, 7) is 3.42.